The first kappa shape index (κ1) is 18.2. The van der Waals surface area contributed by atoms with Crippen LogP contribution in [-0.4, -0.2) is 43.7 Å². The van der Waals surface area contributed by atoms with Crippen molar-refractivity contribution in [1.82, 2.24) is 25.5 Å². The molecule has 0 aliphatic heterocycles. The molecule has 138 valence electrons. The van der Waals surface area contributed by atoms with E-state index in [9.17, 15) is 14.7 Å². The molecule has 1 aromatic heterocycles. The molecule has 2 N–H and O–H groups in total. The van der Waals surface area contributed by atoms with Crippen molar-refractivity contribution >= 4 is 11.9 Å². The Kier molecular flexibility index (Phi) is 5.25. The smallest absolute Gasteiger partial charge is 0.315 e. The maximum Gasteiger partial charge on any atom is 0.315 e. The topological polar surface area (TPSA) is 110 Å². The number of aliphatic carboxylic acids is 1. The molecular formula is C19H19N5O3. The predicted molar refractivity (Wildman–Crippen MR) is 97.7 cm³/mol. The average Bonchev–Trinajstić information content (AvgIpc) is 3.16. The van der Waals surface area contributed by atoms with E-state index in [4.69, 9.17) is 0 Å². The van der Waals surface area contributed by atoms with E-state index in [-0.39, 0.29) is 13.1 Å². The van der Waals surface area contributed by atoms with E-state index in [0.717, 1.165) is 5.56 Å². The number of benzene rings is 2. The van der Waals surface area contributed by atoms with E-state index in [1.165, 1.54) is 4.80 Å². The molecule has 0 spiro atoms. The quantitative estimate of drug-likeness (QED) is 0.656. The standard InChI is InChI=1S/C19H19N5O3/c1-19(18(26)27,15-10-6-3-7-11-15)13-20-16(25)12-24-22-17(21-23-24)14-8-4-2-5-9-14/h2-11H,12-13H2,1H3,(H,20,25)(H,26,27). The molecule has 0 bridgehead atoms. The van der Waals surface area contributed by atoms with E-state index < -0.39 is 17.3 Å². The molecule has 8 heteroatoms. The van der Waals surface area contributed by atoms with Crippen molar-refractivity contribution in [2.24, 2.45) is 0 Å². The fourth-order valence-electron chi connectivity index (χ4n) is 2.58. The predicted octanol–water partition coefficient (Wildman–Crippen LogP) is 1.50. The molecule has 0 aliphatic rings. The number of carbonyl (C=O) groups excluding carboxylic acids is 1. The van der Waals surface area contributed by atoms with Gasteiger partial charge in [-0.15, -0.1) is 10.2 Å². The summed E-state index contributed by atoms with van der Waals surface area (Å²) in [6.45, 7) is 1.38. The molecule has 1 heterocycles. The van der Waals surface area contributed by atoms with E-state index in [1.54, 1.807) is 31.2 Å². The molecule has 2 aromatic carbocycles. The fraction of sp³-hybridized carbons (Fsp3) is 0.211. The van der Waals surface area contributed by atoms with Crippen molar-refractivity contribution < 1.29 is 14.7 Å². The van der Waals surface area contributed by atoms with Crippen LogP contribution in [0, 0.1) is 0 Å². The van der Waals surface area contributed by atoms with Gasteiger partial charge in [0.1, 0.15) is 12.0 Å². The van der Waals surface area contributed by atoms with Crippen LogP contribution in [0.25, 0.3) is 11.4 Å². The van der Waals surface area contributed by atoms with Gasteiger partial charge < -0.3 is 10.4 Å². The summed E-state index contributed by atoms with van der Waals surface area (Å²) < 4.78 is 0. The van der Waals surface area contributed by atoms with Gasteiger partial charge in [-0.3, -0.25) is 9.59 Å². The van der Waals surface area contributed by atoms with Gasteiger partial charge >= 0.3 is 5.97 Å². The van der Waals surface area contributed by atoms with Crippen LogP contribution in [0.15, 0.2) is 60.7 Å². The average molecular weight is 365 g/mol. The summed E-state index contributed by atoms with van der Waals surface area (Å²) in [7, 11) is 0. The first-order valence-electron chi connectivity index (χ1n) is 8.38. The van der Waals surface area contributed by atoms with Crippen LogP contribution in [-0.2, 0) is 21.5 Å². The summed E-state index contributed by atoms with van der Waals surface area (Å²) >= 11 is 0. The summed E-state index contributed by atoms with van der Waals surface area (Å²) in [5.41, 5.74) is 0.178. The third kappa shape index (κ3) is 4.17. The van der Waals surface area contributed by atoms with Crippen molar-refractivity contribution in [3.63, 3.8) is 0 Å². The summed E-state index contributed by atoms with van der Waals surface area (Å²) in [5.74, 6) is -0.988. The highest BCUT2D eigenvalue weighted by Gasteiger charge is 2.35. The highest BCUT2D eigenvalue weighted by atomic mass is 16.4. The number of rotatable bonds is 7. The van der Waals surface area contributed by atoms with Crippen LogP contribution < -0.4 is 5.32 Å². The third-order valence-corrected chi connectivity index (χ3v) is 4.29. The Labute approximate surface area is 155 Å². The van der Waals surface area contributed by atoms with Gasteiger partial charge in [-0.25, -0.2) is 0 Å². The highest BCUT2D eigenvalue weighted by Crippen LogP contribution is 2.23. The normalized spacial score (nSPS) is 12.9. The lowest BCUT2D eigenvalue weighted by molar-refractivity contribution is -0.143. The zero-order chi connectivity index (χ0) is 19.3. The van der Waals surface area contributed by atoms with Crippen LogP contribution in [0.4, 0.5) is 0 Å². The van der Waals surface area contributed by atoms with Gasteiger partial charge in [0.05, 0.1) is 0 Å². The van der Waals surface area contributed by atoms with Crippen molar-refractivity contribution in [1.29, 1.82) is 0 Å². The number of amides is 1. The first-order valence-corrected chi connectivity index (χ1v) is 8.38. The third-order valence-electron chi connectivity index (χ3n) is 4.29. The molecule has 0 saturated heterocycles. The minimum Gasteiger partial charge on any atom is -0.481 e. The molecule has 3 rings (SSSR count). The number of aromatic nitrogens is 4. The van der Waals surface area contributed by atoms with E-state index in [0.29, 0.717) is 11.4 Å². The molecular weight excluding hydrogens is 346 g/mol. The van der Waals surface area contributed by atoms with Crippen molar-refractivity contribution in [3.8, 4) is 11.4 Å². The molecule has 1 amide bonds. The van der Waals surface area contributed by atoms with Crippen LogP contribution in [0.5, 0.6) is 0 Å². The summed E-state index contributed by atoms with van der Waals surface area (Å²) in [6.07, 6.45) is 0. The first-order chi connectivity index (χ1) is 13.0. The Bertz CT molecular complexity index is 927. The summed E-state index contributed by atoms with van der Waals surface area (Å²) in [4.78, 5) is 25.2. The Morgan fingerprint density at radius 2 is 1.70 bits per heavy atom. The van der Waals surface area contributed by atoms with Gasteiger partial charge in [0.25, 0.3) is 0 Å². The SMILES string of the molecule is CC(CNC(=O)Cn1nnc(-c2ccccc2)n1)(C(=O)O)c1ccccc1. The van der Waals surface area contributed by atoms with Crippen molar-refractivity contribution in [2.75, 3.05) is 6.54 Å². The molecule has 0 fully saturated rings. The number of nitrogens with one attached hydrogen (secondary N) is 1. The lowest BCUT2D eigenvalue weighted by atomic mass is 9.82. The monoisotopic (exact) mass is 365 g/mol. The minimum atomic E-state index is -1.23. The van der Waals surface area contributed by atoms with Crippen LogP contribution in [0.2, 0.25) is 0 Å². The van der Waals surface area contributed by atoms with Crippen LogP contribution in [0.1, 0.15) is 12.5 Å². The molecule has 0 radical (unpaired) electrons. The van der Waals surface area contributed by atoms with Crippen molar-refractivity contribution in [2.45, 2.75) is 18.9 Å². The largest absolute Gasteiger partial charge is 0.481 e. The number of hydrogen-bond donors (Lipinski definition) is 2. The lowest BCUT2D eigenvalue weighted by Crippen LogP contribution is -2.45. The molecule has 0 aliphatic carbocycles. The minimum absolute atomic E-state index is 0.0502. The van der Waals surface area contributed by atoms with Gasteiger partial charge in [-0.2, -0.15) is 4.80 Å². The van der Waals surface area contributed by atoms with E-state index >= 15 is 0 Å². The number of hydrogen-bond acceptors (Lipinski definition) is 5. The Morgan fingerprint density at radius 3 is 2.33 bits per heavy atom. The Hall–Kier alpha value is -3.55. The van der Waals surface area contributed by atoms with Crippen LogP contribution >= 0.6 is 0 Å². The maximum absolute atomic E-state index is 12.2. The van der Waals surface area contributed by atoms with E-state index in [1.807, 2.05) is 36.4 Å². The van der Waals surface area contributed by atoms with Gasteiger partial charge in [-0.1, -0.05) is 60.7 Å². The fourth-order valence-corrected chi connectivity index (χ4v) is 2.58. The Morgan fingerprint density at radius 1 is 1.07 bits per heavy atom. The second-order valence-corrected chi connectivity index (χ2v) is 6.29. The number of carbonyl (C=O) groups is 2. The number of carboxylic acid groups (broad SMARTS) is 1. The number of tetrazole rings is 1. The number of carboxylic acids is 1. The molecule has 1 atom stereocenters. The van der Waals surface area contributed by atoms with Crippen molar-refractivity contribution in [3.05, 3.63) is 66.2 Å². The van der Waals surface area contributed by atoms with Gasteiger partial charge in [0.15, 0.2) is 0 Å². The number of nitrogens with zero attached hydrogens (tertiary/aromatic N) is 4. The molecule has 27 heavy (non-hydrogen) atoms. The summed E-state index contributed by atoms with van der Waals surface area (Å²) in [5, 5.41) is 24.3. The molecule has 3 aromatic rings. The van der Waals surface area contributed by atoms with Crippen LogP contribution in [0.3, 0.4) is 0 Å². The molecule has 0 saturated carbocycles. The summed E-state index contributed by atoms with van der Waals surface area (Å²) in [6, 6.07) is 18.1. The van der Waals surface area contributed by atoms with Gasteiger partial charge in [0.2, 0.25) is 11.7 Å². The van der Waals surface area contributed by atoms with E-state index in [2.05, 4.69) is 20.7 Å². The Balaban J connectivity index is 1.64. The maximum atomic E-state index is 12.2. The zero-order valence-electron chi connectivity index (χ0n) is 14.7. The van der Waals surface area contributed by atoms with Gasteiger partial charge in [-0.05, 0) is 17.7 Å². The second kappa shape index (κ2) is 7.77. The lowest BCUT2D eigenvalue weighted by Gasteiger charge is -2.25. The van der Waals surface area contributed by atoms with Gasteiger partial charge in [0, 0.05) is 12.1 Å². The molecule has 1 unspecified atom stereocenters. The molecule has 8 nitrogen and oxygen atoms in total. The second-order valence-electron chi connectivity index (χ2n) is 6.29. The highest BCUT2D eigenvalue weighted by molar-refractivity contribution is 5.83. The zero-order valence-corrected chi connectivity index (χ0v) is 14.7.